The Bertz CT molecular complexity index is 858. The summed E-state index contributed by atoms with van der Waals surface area (Å²) in [5.41, 5.74) is 1.92. The van der Waals surface area contributed by atoms with Gasteiger partial charge in [-0.25, -0.2) is 9.18 Å². The van der Waals surface area contributed by atoms with Crippen LogP contribution >= 0.6 is 0 Å². The molecule has 0 N–H and O–H groups in total. The summed E-state index contributed by atoms with van der Waals surface area (Å²) >= 11 is 0. The predicted octanol–water partition coefficient (Wildman–Crippen LogP) is 4.06. The Balaban J connectivity index is 1.58. The molecule has 0 fully saturated rings. The summed E-state index contributed by atoms with van der Waals surface area (Å²) < 4.78 is 28.7. The highest BCUT2D eigenvalue weighted by atomic mass is 19.1. The van der Waals surface area contributed by atoms with E-state index in [4.69, 9.17) is 14.0 Å². The van der Waals surface area contributed by atoms with Gasteiger partial charge in [-0.1, -0.05) is 23.4 Å². The molecule has 2 aromatic carbocycles. The van der Waals surface area contributed by atoms with E-state index in [1.807, 2.05) is 0 Å². The van der Waals surface area contributed by atoms with Crippen LogP contribution in [0.1, 0.15) is 27.4 Å². The van der Waals surface area contributed by atoms with E-state index in [-0.39, 0.29) is 19.0 Å². The van der Waals surface area contributed by atoms with Gasteiger partial charge >= 0.3 is 5.97 Å². The maximum Gasteiger partial charge on any atom is 0.338 e. The monoisotopic (exact) mass is 341 g/mol. The molecule has 0 radical (unpaired) electrons. The molecule has 0 spiro atoms. The van der Waals surface area contributed by atoms with E-state index in [1.54, 1.807) is 49.4 Å². The third-order valence-electron chi connectivity index (χ3n) is 3.41. The summed E-state index contributed by atoms with van der Waals surface area (Å²) in [6, 6.07) is 14.4. The zero-order valence-electron chi connectivity index (χ0n) is 13.6. The number of hydrogen-bond acceptors (Lipinski definition) is 5. The molecule has 0 amide bonds. The molecule has 0 atom stereocenters. The zero-order valence-corrected chi connectivity index (χ0v) is 13.6. The van der Waals surface area contributed by atoms with Crippen LogP contribution in [-0.4, -0.2) is 11.1 Å². The van der Waals surface area contributed by atoms with E-state index in [1.165, 1.54) is 12.1 Å². The van der Waals surface area contributed by atoms with Crippen LogP contribution in [0.3, 0.4) is 0 Å². The Labute approximate surface area is 144 Å². The van der Waals surface area contributed by atoms with Gasteiger partial charge in [-0.3, -0.25) is 0 Å². The number of aryl methyl sites for hydroxylation is 1. The van der Waals surface area contributed by atoms with Crippen LogP contribution in [-0.2, 0) is 18.0 Å². The summed E-state index contributed by atoms with van der Waals surface area (Å²) in [7, 11) is 0. The smallest absolute Gasteiger partial charge is 0.338 e. The Morgan fingerprint density at radius 3 is 2.64 bits per heavy atom. The van der Waals surface area contributed by atoms with Crippen molar-refractivity contribution in [3.63, 3.8) is 0 Å². The summed E-state index contributed by atoms with van der Waals surface area (Å²) in [6.07, 6.45) is 0. The van der Waals surface area contributed by atoms with Crippen molar-refractivity contribution in [2.75, 3.05) is 0 Å². The number of nitrogens with zero attached hydrogens (tertiary/aromatic N) is 1. The Morgan fingerprint density at radius 2 is 1.92 bits per heavy atom. The topological polar surface area (TPSA) is 61.6 Å². The molecule has 0 aliphatic heterocycles. The first-order valence-electron chi connectivity index (χ1n) is 7.67. The van der Waals surface area contributed by atoms with E-state index >= 15 is 0 Å². The first-order valence-corrected chi connectivity index (χ1v) is 7.67. The van der Waals surface area contributed by atoms with Gasteiger partial charge in [0, 0.05) is 6.07 Å². The van der Waals surface area contributed by atoms with Crippen molar-refractivity contribution in [2.24, 2.45) is 0 Å². The normalized spacial score (nSPS) is 10.5. The highest BCUT2D eigenvalue weighted by Crippen LogP contribution is 2.17. The van der Waals surface area contributed by atoms with Crippen molar-refractivity contribution >= 4 is 5.97 Å². The highest BCUT2D eigenvalue weighted by Gasteiger charge is 2.10. The summed E-state index contributed by atoms with van der Waals surface area (Å²) in [4.78, 5) is 12.1. The van der Waals surface area contributed by atoms with Crippen LogP contribution in [0, 0.1) is 12.7 Å². The number of halogens is 1. The van der Waals surface area contributed by atoms with Crippen molar-refractivity contribution < 1.29 is 23.2 Å². The molecule has 0 aliphatic carbocycles. The fourth-order valence-electron chi connectivity index (χ4n) is 2.16. The predicted molar refractivity (Wildman–Crippen MR) is 87.5 cm³/mol. The van der Waals surface area contributed by atoms with Crippen LogP contribution in [0.5, 0.6) is 5.75 Å². The van der Waals surface area contributed by atoms with Crippen molar-refractivity contribution in [3.8, 4) is 5.75 Å². The van der Waals surface area contributed by atoms with Crippen LogP contribution < -0.4 is 4.74 Å². The minimum atomic E-state index is -0.485. The van der Waals surface area contributed by atoms with E-state index in [0.29, 0.717) is 17.1 Å². The summed E-state index contributed by atoms with van der Waals surface area (Å²) in [6.45, 7) is 2.08. The standard InChI is InChI=1S/C19H16FNO4/c1-13-9-18(25-21-13)12-24-19(22)15-3-2-4-17(10-15)23-11-14-5-7-16(20)8-6-14/h2-10H,11-12H2,1H3. The molecule has 0 aliphatic rings. The van der Waals surface area contributed by atoms with Crippen LogP contribution in [0.2, 0.25) is 0 Å². The van der Waals surface area contributed by atoms with E-state index in [2.05, 4.69) is 5.16 Å². The number of benzene rings is 2. The Kier molecular flexibility index (Phi) is 5.09. The molecule has 0 saturated heterocycles. The second-order valence-electron chi connectivity index (χ2n) is 5.45. The van der Waals surface area contributed by atoms with E-state index < -0.39 is 5.97 Å². The summed E-state index contributed by atoms with van der Waals surface area (Å²) in [5.74, 6) is 0.223. The SMILES string of the molecule is Cc1cc(COC(=O)c2cccc(OCc3ccc(F)cc3)c2)on1. The van der Waals surface area contributed by atoms with Gasteiger partial charge in [-0.05, 0) is 42.8 Å². The van der Waals surface area contributed by atoms with Gasteiger partial charge in [0.2, 0.25) is 0 Å². The van der Waals surface area contributed by atoms with Crippen molar-refractivity contribution in [1.82, 2.24) is 5.16 Å². The molecule has 1 aromatic heterocycles. The van der Waals surface area contributed by atoms with Crippen molar-refractivity contribution in [3.05, 3.63) is 83.0 Å². The lowest BCUT2D eigenvalue weighted by Gasteiger charge is -2.08. The van der Waals surface area contributed by atoms with Crippen molar-refractivity contribution in [1.29, 1.82) is 0 Å². The maximum absolute atomic E-state index is 12.9. The second-order valence-corrected chi connectivity index (χ2v) is 5.45. The molecule has 3 rings (SSSR count). The largest absolute Gasteiger partial charge is 0.489 e. The van der Waals surface area contributed by atoms with Gasteiger partial charge in [0.15, 0.2) is 12.4 Å². The van der Waals surface area contributed by atoms with Gasteiger partial charge in [0.05, 0.1) is 11.3 Å². The molecule has 0 bridgehead atoms. The minimum Gasteiger partial charge on any atom is -0.489 e. The molecule has 3 aromatic rings. The average molecular weight is 341 g/mol. The molecule has 0 unspecified atom stereocenters. The van der Waals surface area contributed by atoms with Crippen LogP contribution in [0.4, 0.5) is 4.39 Å². The summed E-state index contributed by atoms with van der Waals surface area (Å²) in [5, 5.41) is 3.73. The first kappa shape index (κ1) is 16.7. The van der Waals surface area contributed by atoms with E-state index in [9.17, 15) is 9.18 Å². The van der Waals surface area contributed by atoms with Gasteiger partial charge in [0.25, 0.3) is 0 Å². The third-order valence-corrected chi connectivity index (χ3v) is 3.41. The third kappa shape index (κ3) is 4.67. The van der Waals surface area contributed by atoms with Crippen LogP contribution in [0.15, 0.2) is 59.1 Å². The number of ether oxygens (including phenoxy) is 2. The molecule has 1 heterocycles. The lowest BCUT2D eigenvalue weighted by atomic mass is 10.2. The quantitative estimate of drug-likeness (QED) is 0.633. The highest BCUT2D eigenvalue weighted by molar-refractivity contribution is 5.89. The van der Waals surface area contributed by atoms with Crippen LogP contribution in [0.25, 0.3) is 0 Å². The number of carbonyl (C=O) groups excluding carboxylic acids is 1. The molecule has 6 heteroatoms. The number of aromatic nitrogens is 1. The zero-order chi connectivity index (χ0) is 17.6. The van der Waals surface area contributed by atoms with Gasteiger partial charge in [0.1, 0.15) is 18.2 Å². The molecular formula is C19H16FNO4. The van der Waals surface area contributed by atoms with Gasteiger partial charge < -0.3 is 14.0 Å². The number of hydrogen-bond donors (Lipinski definition) is 0. The average Bonchev–Trinajstić information content (AvgIpc) is 3.05. The minimum absolute atomic E-state index is 0.0142. The lowest BCUT2D eigenvalue weighted by Crippen LogP contribution is -2.05. The van der Waals surface area contributed by atoms with Gasteiger partial charge in [-0.2, -0.15) is 0 Å². The second kappa shape index (κ2) is 7.61. The fraction of sp³-hybridized carbons (Fsp3) is 0.158. The lowest BCUT2D eigenvalue weighted by molar-refractivity contribution is 0.0437. The molecule has 25 heavy (non-hydrogen) atoms. The van der Waals surface area contributed by atoms with Gasteiger partial charge in [-0.15, -0.1) is 0 Å². The first-order chi connectivity index (χ1) is 12.1. The molecule has 128 valence electrons. The molecule has 5 nitrogen and oxygen atoms in total. The Morgan fingerprint density at radius 1 is 1.12 bits per heavy atom. The maximum atomic E-state index is 12.9. The number of carbonyl (C=O) groups is 1. The molecular weight excluding hydrogens is 325 g/mol. The molecule has 0 saturated carbocycles. The number of rotatable bonds is 6. The number of esters is 1. The van der Waals surface area contributed by atoms with E-state index in [0.717, 1.165) is 11.3 Å². The Hall–Kier alpha value is -3.15. The van der Waals surface area contributed by atoms with Crippen molar-refractivity contribution in [2.45, 2.75) is 20.1 Å². The fourth-order valence-corrected chi connectivity index (χ4v) is 2.16.